The van der Waals surface area contributed by atoms with Crippen LogP contribution < -0.4 is 10.6 Å². The lowest BCUT2D eigenvalue weighted by Crippen LogP contribution is -2.53. The quantitative estimate of drug-likeness (QED) is 0.826. The summed E-state index contributed by atoms with van der Waals surface area (Å²) in [4.78, 5) is 27.2. The first-order valence-electron chi connectivity index (χ1n) is 8.47. The number of carbonyl (C=O) groups excluding carboxylic acids is 2. The number of likely N-dealkylation sites (N-methyl/N-ethyl adjacent to an activating group) is 1. The van der Waals surface area contributed by atoms with Gasteiger partial charge in [0.1, 0.15) is 6.04 Å². The van der Waals surface area contributed by atoms with Gasteiger partial charge in [0.2, 0.25) is 5.91 Å². The molecule has 1 heterocycles. The van der Waals surface area contributed by atoms with Crippen molar-refractivity contribution >= 4 is 23.4 Å². The maximum absolute atomic E-state index is 12.9. The summed E-state index contributed by atoms with van der Waals surface area (Å²) in [7, 11) is 1.82. The van der Waals surface area contributed by atoms with E-state index in [0.717, 1.165) is 25.9 Å². The monoisotopic (exact) mass is 351 g/mol. The van der Waals surface area contributed by atoms with E-state index in [1.165, 1.54) is 0 Å². The fourth-order valence-corrected chi connectivity index (χ4v) is 3.00. The molecule has 1 fully saturated rings. The second kappa shape index (κ2) is 8.49. The second-order valence-corrected chi connectivity index (χ2v) is 6.88. The van der Waals surface area contributed by atoms with E-state index in [0.29, 0.717) is 10.6 Å². The fraction of sp³-hybridized carbons (Fsp3) is 0.556. The van der Waals surface area contributed by atoms with Crippen molar-refractivity contribution in [3.8, 4) is 0 Å². The Bertz CT molecular complexity index is 570. The van der Waals surface area contributed by atoms with E-state index in [1.807, 2.05) is 20.9 Å². The normalized spacial score (nSPS) is 19.6. The standard InChI is InChI=1S/C18H26ClN3O2/c1-4-12(2)16(18(24)22(3)15-9-10-20-11-15)21-17(23)13-5-7-14(19)8-6-13/h5-8,12,15-16,20H,4,9-11H2,1-3H3,(H,21,23). The summed E-state index contributed by atoms with van der Waals surface area (Å²) in [6.45, 7) is 5.75. The van der Waals surface area contributed by atoms with Gasteiger partial charge in [0.25, 0.3) is 5.91 Å². The summed E-state index contributed by atoms with van der Waals surface area (Å²) in [6, 6.07) is 6.35. The lowest BCUT2D eigenvalue weighted by atomic mass is 9.96. The van der Waals surface area contributed by atoms with Gasteiger partial charge < -0.3 is 15.5 Å². The van der Waals surface area contributed by atoms with E-state index in [2.05, 4.69) is 10.6 Å². The Morgan fingerprint density at radius 2 is 2.04 bits per heavy atom. The molecule has 2 rings (SSSR count). The highest BCUT2D eigenvalue weighted by molar-refractivity contribution is 6.30. The van der Waals surface area contributed by atoms with Gasteiger partial charge in [-0.2, -0.15) is 0 Å². The van der Waals surface area contributed by atoms with Crippen LogP contribution in [0.2, 0.25) is 5.02 Å². The van der Waals surface area contributed by atoms with Gasteiger partial charge in [0.05, 0.1) is 0 Å². The first-order chi connectivity index (χ1) is 11.4. The maximum Gasteiger partial charge on any atom is 0.251 e. The maximum atomic E-state index is 12.9. The molecule has 0 spiro atoms. The van der Waals surface area contributed by atoms with Crippen LogP contribution in [-0.4, -0.2) is 48.9 Å². The number of rotatable bonds is 6. The summed E-state index contributed by atoms with van der Waals surface area (Å²) in [5.41, 5.74) is 0.505. The Morgan fingerprint density at radius 3 is 2.58 bits per heavy atom. The van der Waals surface area contributed by atoms with Gasteiger partial charge in [-0.05, 0) is 43.1 Å². The van der Waals surface area contributed by atoms with Crippen LogP contribution in [0.5, 0.6) is 0 Å². The SMILES string of the molecule is CCC(C)C(NC(=O)c1ccc(Cl)cc1)C(=O)N(C)C1CCNC1. The summed E-state index contributed by atoms with van der Waals surface area (Å²) in [6.07, 6.45) is 1.76. The molecule has 1 aromatic rings. The molecule has 2 N–H and O–H groups in total. The Balaban J connectivity index is 2.11. The third-order valence-electron chi connectivity index (χ3n) is 4.80. The zero-order valence-corrected chi connectivity index (χ0v) is 15.3. The first kappa shape index (κ1) is 18.7. The fourth-order valence-electron chi connectivity index (χ4n) is 2.88. The Labute approximate surface area is 148 Å². The molecule has 0 saturated carbocycles. The molecule has 0 radical (unpaired) electrons. The molecule has 1 aliphatic heterocycles. The summed E-state index contributed by atoms with van der Waals surface area (Å²) >= 11 is 5.86. The third-order valence-corrected chi connectivity index (χ3v) is 5.05. The van der Waals surface area contributed by atoms with Crippen LogP contribution in [-0.2, 0) is 4.79 Å². The summed E-state index contributed by atoms with van der Waals surface area (Å²) in [5, 5.41) is 6.76. The average Bonchev–Trinajstić information content (AvgIpc) is 3.12. The summed E-state index contributed by atoms with van der Waals surface area (Å²) in [5.74, 6) is -0.214. The van der Waals surface area contributed by atoms with Crippen molar-refractivity contribution in [2.75, 3.05) is 20.1 Å². The molecule has 0 aromatic heterocycles. The van der Waals surface area contributed by atoms with Crippen LogP contribution in [0, 0.1) is 5.92 Å². The van der Waals surface area contributed by atoms with Crippen molar-refractivity contribution < 1.29 is 9.59 Å². The smallest absolute Gasteiger partial charge is 0.251 e. The van der Waals surface area contributed by atoms with Gasteiger partial charge in [-0.15, -0.1) is 0 Å². The summed E-state index contributed by atoms with van der Waals surface area (Å²) < 4.78 is 0. The van der Waals surface area contributed by atoms with E-state index in [4.69, 9.17) is 11.6 Å². The van der Waals surface area contributed by atoms with Gasteiger partial charge in [0, 0.05) is 30.2 Å². The molecular formula is C18H26ClN3O2. The van der Waals surface area contributed by atoms with Gasteiger partial charge in [0.15, 0.2) is 0 Å². The van der Waals surface area contributed by atoms with E-state index >= 15 is 0 Å². The lowest BCUT2D eigenvalue weighted by Gasteiger charge is -2.31. The zero-order valence-electron chi connectivity index (χ0n) is 14.5. The third kappa shape index (κ3) is 4.48. The molecule has 3 unspecified atom stereocenters. The minimum absolute atomic E-state index is 0.0274. The molecule has 0 aliphatic carbocycles. The number of nitrogens with zero attached hydrogens (tertiary/aromatic N) is 1. The Kier molecular flexibility index (Phi) is 6.63. The molecule has 1 aliphatic rings. The molecule has 0 bridgehead atoms. The minimum Gasteiger partial charge on any atom is -0.340 e. The molecule has 24 heavy (non-hydrogen) atoms. The van der Waals surface area contributed by atoms with E-state index in [1.54, 1.807) is 29.2 Å². The number of amides is 2. The van der Waals surface area contributed by atoms with Crippen LogP contribution in [0.15, 0.2) is 24.3 Å². The van der Waals surface area contributed by atoms with E-state index in [-0.39, 0.29) is 23.8 Å². The van der Waals surface area contributed by atoms with Crippen molar-refractivity contribution in [3.05, 3.63) is 34.9 Å². The Hall–Kier alpha value is -1.59. The van der Waals surface area contributed by atoms with Crippen LogP contribution in [0.1, 0.15) is 37.0 Å². The number of carbonyl (C=O) groups is 2. The highest BCUT2D eigenvalue weighted by atomic mass is 35.5. The van der Waals surface area contributed by atoms with Gasteiger partial charge in [-0.3, -0.25) is 9.59 Å². The van der Waals surface area contributed by atoms with Gasteiger partial charge >= 0.3 is 0 Å². The van der Waals surface area contributed by atoms with Crippen molar-refractivity contribution in [1.82, 2.24) is 15.5 Å². The van der Waals surface area contributed by atoms with Crippen molar-refractivity contribution in [3.63, 3.8) is 0 Å². The van der Waals surface area contributed by atoms with Crippen molar-refractivity contribution in [2.24, 2.45) is 5.92 Å². The number of hydrogen-bond donors (Lipinski definition) is 2. The predicted octanol–water partition coefficient (Wildman–Crippen LogP) is 2.30. The molecular weight excluding hydrogens is 326 g/mol. The predicted molar refractivity (Wildman–Crippen MR) is 96.2 cm³/mol. The number of nitrogens with one attached hydrogen (secondary N) is 2. The number of hydrogen-bond acceptors (Lipinski definition) is 3. The average molecular weight is 352 g/mol. The topological polar surface area (TPSA) is 61.4 Å². The van der Waals surface area contributed by atoms with Crippen LogP contribution in [0.4, 0.5) is 0 Å². The van der Waals surface area contributed by atoms with Crippen LogP contribution in [0.25, 0.3) is 0 Å². The first-order valence-corrected chi connectivity index (χ1v) is 8.85. The molecule has 1 saturated heterocycles. The van der Waals surface area contributed by atoms with Gasteiger partial charge in [-0.1, -0.05) is 31.9 Å². The van der Waals surface area contributed by atoms with E-state index in [9.17, 15) is 9.59 Å². The largest absolute Gasteiger partial charge is 0.340 e. The molecule has 3 atom stereocenters. The molecule has 6 heteroatoms. The van der Waals surface area contributed by atoms with Crippen LogP contribution in [0.3, 0.4) is 0 Å². The lowest BCUT2D eigenvalue weighted by molar-refractivity contribution is -0.135. The van der Waals surface area contributed by atoms with E-state index < -0.39 is 6.04 Å². The van der Waals surface area contributed by atoms with Gasteiger partial charge in [-0.25, -0.2) is 0 Å². The Morgan fingerprint density at radius 1 is 1.38 bits per heavy atom. The van der Waals surface area contributed by atoms with Crippen molar-refractivity contribution in [1.29, 1.82) is 0 Å². The highest BCUT2D eigenvalue weighted by Gasteiger charge is 2.32. The number of halogens is 1. The second-order valence-electron chi connectivity index (χ2n) is 6.44. The molecule has 132 valence electrons. The molecule has 2 amide bonds. The van der Waals surface area contributed by atoms with Crippen LogP contribution >= 0.6 is 11.6 Å². The number of benzene rings is 1. The van der Waals surface area contributed by atoms with Crippen molar-refractivity contribution in [2.45, 2.75) is 38.8 Å². The molecule has 5 nitrogen and oxygen atoms in total. The highest BCUT2D eigenvalue weighted by Crippen LogP contribution is 2.16. The minimum atomic E-state index is -0.524. The molecule has 1 aromatic carbocycles. The zero-order chi connectivity index (χ0) is 17.7.